The summed E-state index contributed by atoms with van der Waals surface area (Å²) in [6, 6.07) is 0.484. The van der Waals surface area contributed by atoms with E-state index in [0.717, 1.165) is 24.2 Å². The molecular weight excluding hydrogens is 158 g/mol. The van der Waals surface area contributed by atoms with Gasteiger partial charge in [0.25, 0.3) is 0 Å². The van der Waals surface area contributed by atoms with Gasteiger partial charge in [0.05, 0.1) is 0 Å². The third-order valence-electron chi connectivity index (χ3n) is 5.04. The number of nitrogens with two attached hydrogens (primary N) is 1. The molecule has 4 fully saturated rings. The van der Waals surface area contributed by atoms with Crippen LogP contribution in [0.3, 0.4) is 0 Å². The molecule has 1 nitrogen and oxygen atoms in total. The Morgan fingerprint density at radius 3 is 2.31 bits per heavy atom. The Bertz CT molecular complexity index is 209. The molecule has 4 rings (SSSR count). The van der Waals surface area contributed by atoms with Gasteiger partial charge in [0, 0.05) is 6.04 Å². The summed E-state index contributed by atoms with van der Waals surface area (Å²) in [5.74, 6) is 2.88. The zero-order valence-corrected chi connectivity index (χ0v) is 8.34. The summed E-state index contributed by atoms with van der Waals surface area (Å²) < 4.78 is 0. The second kappa shape index (κ2) is 2.50. The van der Waals surface area contributed by atoms with Crippen LogP contribution in [0.5, 0.6) is 0 Å². The van der Waals surface area contributed by atoms with Crippen molar-refractivity contribution in [2.45, 2.75) is 44.6 Å². The Morgan fingerprint density at radius 2 is 1.77 bits per heavy atom. The second-order valence-corrected chi connectivity index (χ2v) is 5.75. The monoisotopic (exact) mass is 178 g/mol. The van der Waals surface area contributed by atoms with Crippen molar-refractivity contribution in [3.8, 4) is 0 Å². The van der Waals surface area contributed by atoms with E-state index in [-0.39, 0.29) is 0 Å². The third kappa shape index (κ3) is 0.971. The van der Waals surface area contributed by atoms with Crippen LogP contribution < -0.4 is 5.73 Å². The van der Waals surface area contributed by atoms with Crippen molar-refractivity contribution in [1.82, 2.24) is 0 Å². The van der Waals surface area contributed by atoms with Crippen LogP contribution in [0.25, 0.3) is 0 Å². The van der Waals surface area contributed by atoms with Gasteiger partial charge in [-0.25, -0.2) is 0 Å². The zero-order valence-electron chi connectivity index (χ0n) is 8.34. The molecule has 3 atom stereocenters. The van der Waals surface area contributed by atoms with Gasteiger partial charge in [-0.15, -0.1) is 0 Å². The molecular formula is C12H20N. The molecule has 0 aromatic rings. The standard InChI is InChI=1S/C12H20N/c1-2-12-6-8-3-9(7-12)5-10(4-8)11(12)13/h8-11H,1-7,13H2. The zero-order chi connectivity index (χ0) is 9.05. The summed E-state index contributed by atoms with van der Waals surface area (Å²) in [5, 5.41) is 0. The minimum atomic E-state index is 0.467. The molecule has 0 aliphatic heterocycles. The highest BCUT2D eigenvalue weighted by Crippen LogP contribution is 2.60. The van der Waals surface area contributed by atoms with Crippen LogP contribution in [-0.4, -0.2) is 6.04 Å². The number of hydrogen-bond donors (Lipinski definition) is 1. The fraction of sp³-hybridized carbons (Fsp3) is 0.917. The molecule has 73 valence electrons. The van der Waals surface area contributed by atoms with E-state index in [1.807, 2.05) is 0 Å². The molecule has 0 aromatic carbocycles. The molecule has 1 radical (unpaired) electrons. The van der Waals surface area contributed by atoms with Gasteiger partial charge in [0.2, 0.25) is 0 Å². The predicted molar refractivity (Wildman–Crippen MR) is 53.9 cm³/mol. The van der Waals surface area contributed by atoms with Crippen molar-refractivity contribution in [2.75, 3.05) is 0 Å². The maximum absolute atomic E-state index is 6.37. The quantitative estimate of drug-likeness (QED) is 0.655. The molecule has 3 unspecified atom stereocenters. The summed E-state index contributed by atoms with van der Waals surface area (Å²) in [4.78, 5) is 0. The first kappa shape index (κ1) is 8.28. The molecule has 0 saturated heterocycles. The van der Waals surface area contributed by atoms with Crippen LogP contribution in [0, 0.1) is 30.1 Å². The minimum absolute atomic E-state index is 0.467. The van der Waals surface area contributed by atoms with E-state index in [9.17, 15) is 0 Å². The lowest BCUT2D eigenvalue weighted by molar-refractivity contribution is -0.0704. The van der Waals surface area contributed by atoms with Gasteiger partial charge in [0.1, 0.15) is 0 Å². The van der Waals surface area contributed by atoms with Gasteiger partial charge in [-0.3, -0.25) is 0 Å². The van der Waals surface area contributed by atoms with Crippen molar-refractivity contribution in [3.63, 3.8) is 0 Å². The summed E-state index contributed by atoms with van der Waals surface area (Å²) in [7, 11) is 0. The maximum Gasteiger partial charge on any atom is 0.0124 e. The first-order valence-electron chi connectivity index (χ1n) is 5.78. The van der Waals surface area contributed by atoms with Gasteiger partial charge in [-0.2, -0.15) is 0 Å². The first-order chi connectivity index (χ1) is 6.23. The summed E-state index contributed by atoms with van der Waals surface area (Å²) >= 11 is 0. The van der Waals surface area contributed by atoms with E-state index in [2.05, 4.69) is 6.92 Å². The third-order valence-corrected chi connectivity index (χ3v) is 5.04. The summed E-state index contributed by atoms with van der Waals surface area (Å²) in [6.45, 7) is 4.15. The molecule has 2 N–H and O–H groups in total. The van der Waals surface area contributed by atoms with E-state index in [1.54, 1.807) is 0 Å². The molecule has 4 aliphatic carbocycles. The summed E-state index contributed by atoms with van der Waals surface area (Å²) in [5.41, 5.74) is 6.84. The molecule has 13 heavy (non-hydrogen) atoms. The predicted octanol–water partition coefficient (Wildman–Crippen LogP) is 2.36. The van der Waals surface area contributed by atoms with Crippen LogP contribution in [-0.2, 0) is 0 Å². The van der Waals surface area contributed by atoms with Gasteiger partial charge in [-0.05, 0) is 61.7 Å². The second-order valence-electron chi connectivity index (χ2n) is 5.75. The van der Waals surface area contributed by atoms with Crippen molar-refractivity contribution >= 4 is 0 Å². The first-order valence-corrected chi connectivity index (χ1v) is 5.78. The number of hydrogen-bond acceptors (Lipinski definition) is 1. The lowest BCUT2D eigenvalue weighted by Crippen LogP contribution is -2.59. The molecule has 4 aliphatic rings. The van der Waals surface area contributed by atoms with E-state index in [1.165, 1.54) is 32.1 Å². The van der Waals surface area contributed by atoms with Crippen LogP contribution >= 0.6 is 0 Å². The van der Waals surface area contributed by atoms with Crippen molar-refractivity contribution in [3.05, 3.63) is 6.92 Å². The Balaban J connectivity index is 1.95. The summed E-state index contributed by atoms with van der Waals surface area (Å²) in [6.07, 6.45) is 8.23. The highest BCUT2D eigenvalue weighted by molar-refractivity contribution is 5.08. The van der Waals surface area contributed by atoms with Gasteiger partial charge in [0.15, 0.2) is 0 Å². The Morgan fingerprint density at radius 1 is 1.15 bits per heavy atom. The fourth-order valence-corrected chi connectivity index (χ4v) is 4.62. The largest absolute Gasteiger partial charge is 0.327 e. The molecule has 1 heteroatoms. The van der Waals surface area contributed by atoms with Crippen molar-refractivity contribution in [2.24, 2.45) is 28.9 Å². The molecule has 0 heterocycles. The van der Waals surface area contributed by atoms with Crippen molar-refractivity contribution in [1.29, 1.82) is 0 Å². The van der Waals surface area contributed by atoms with E-state index < -0.39 is 0 Å². The van der Waals surface area contributed by atoms with E-state index in [4.69, 9.17) is 5.73 Å². The Hall–Kier alpha value is -0.0400. The van der Waals surface area contributed by atoms with Gasteiger partial charge in [-0.1, -0.05) is 6.92 Å². The smallest absolute Gasteiger partial charge is 0.0124 e. The Labute approximate surface area is 81.1 Å². The molecule has 0 amide bonds. The van der Waals surface area contributed by atoms with Crippen LogP contribution in [0.1, 0.15) is 38.5 Å². The van der Waals surface area contributed by atoms with Crippen LogP contribution in [0.2, 0.25) is 0 Å². The van der Waals surface area contributed by atoms with E-state index in [0.29, 0.717) is 11.5 Å². The fourth-order valence-electron chi connectivity index (χ4n) is 4.62. The topological polar surface area (TPSA) is 26.0 Å². The maximum atomic E-state index is 6.37. The minimum Gasteiger partial charge on any atom is -0.327 e. The molecule has 0 spiro atoms. The average molecular weight is 178 g/mol. The Kier molecular flexibility index (Phi) is 1.59. The molecule has 0 aromatic heterocycles. The highest BCUT2D eigenvalue weighted by Gasteiger charge is 2.54. The lowest BCUT2D eigenvalue weighted by atomic mass is 9.47. The lowest BCUT2D eigenvalue weighted by Gasteiger charge is -2.60. The van der Waals surface area contributed by atoms with E-state index >= 15 is 0 Å². The number of rotatable bonds is 1. The van der Waals surface area contributed by atoms with Crippen LogP contribution in [0.4, 0.5) is 0 Å². The highest BCUT2D eigenvalue weighted by atomic mass is 14.8. The van der Waals surface area contributed by atoms with Gasteiger partial charge < -0.3 is 5.73 Å². The van der Waals surface area contributed by atoms with Gasteiger partial charge >= 0.3 is 0 Å². The van der Waals surface area contributed by atoms with Crippen LogP contribution in [0.15, 0.2) is 0 Å². The SMILES string of the molecule is [CH2]CC12CC3CC(CC(C3)C1N)C2. The average Bonchev–Trinajstić information content (AvgIpc) is 2.12. The normalized spacial score (nSPS) is 58.6. The molecule has 4 saturated carbocycles. The van der Waals surface area contributed by atoms with Crippen molar-refractivity contribution < 1.29 is 0 Å². The molecule has 4 bridgehead atoms.